The van der Waals surface area contributed by atoms with Gasteiger partial charge < -0.3 is 5.73 Å². The summed E-state index contributed by atoms with van der Waals surface area (Å²) in [6.45, 7) is 0. The van der Waals surface area contributed by atoms with Crippen LogP contribution in [0.4, 0.5) is 10.2 Å². The molecule has 3 rings (SSSR count). The monoisotopic (exact) mass is 232 g/mol. The largest absolute Gasteiger partial charge is 0.382 e. The van der Waals surface area contributed by atoms with Crippen LogP contribution in [0.25, 0.3) is 5.69 Å². The minimum absolute atomic E-state index is 0.272. The topological polar surface area (TPSA) is 56.7 Å². The summed E-state index contributed by atoms with van der Waals surface area (Å²) >= 11 is 0. The third-order valence-corrected chi connectivity index (χ3v) is 3.30. The van der Waals surface area contributed by atoms with Crippen LogP contribution in [0.3, 0.4) is 0 Å². The normalized spacial score (nSPS) is 15.8. The molecule has 1 aromatic heterocycles. The summed E-state index contributed by atoms with van der Waals surface area (Å²) in [5, 5.41) is 8.17. The molecule has 1 aliphatic rings. The van der Waals surface area contributed by atoms with Crippen LogP contribution in [0.1, 0.15) is 30.9 Å². The van der Waals surface area contributed by atoms with Gasteiger partial charge in [-0.25, -0.2) is 4.39 Å². The molecule has 0 amide bonds. The highest BCUT2D eigenvalue weighted by atomic mass is 19.1. The Morgan fingerprint density at radius 1 is 1.24 bits per heavy atom. The Labute approximate surface area is 98.2 Å². The van der Waals surface area contributed by atoms with Gasteiger partial charge in [-0.15, -0.1) is 5.10 Å². The molecule has 5 heteroatoms. The molecule has 0 unspecified atom stereocenters. The number of halogens is 1. The fraction of sp³-hybridized carbons (Fsp3) is 0.333. The summed E-state index contributed by atoms with van der Waals surface area (Å²) in [5.74, 6) is 0.747. The number of nitrogen functional groups attached to an aromatic ring is 1. The number of nitrogens with zero attached hydrogens (tertiary/aromatic N) is 3. The van der Waals surface area contributed by atoms with Crippen LogP contribution in [0.15, 0.2) is 24.3 Å². The lowest BCUT2D eigenvalue weighted by Crippen LogP contribution is -2.12. The van der Waals surface area contributed by atoms with Gasteiger partial charge in [-0.05, 0) is 37.1 Å². The summed E-state index contributed by atoms with van der Waals surface area (Å²) in [6, 6.07) is 6.06. The molecular weight excluding hydrogens is 219 g/mol. The summed E-state index contributed by atoms with van der Waals surface area (Å²) in [4.78, 5) is 0. The van der Waals surface area contributed by atoms with Crippen molar-refractivity contribution >= 4 is 5.82 Å². The first-order valence-electron chi connectivity index (χ1n) is 5.73. The van der Waals surface area contributed by atoms with Crippen LogP contribution < -0.4 is 5.73 Å². The van der Waals surface area contributed by atoms with Crippen molar-refractivity contribution in [1.29, 1.82) is 0 Å². The number of benzene rings is 1. The zero-order chi connectivity index (χ0) is 11.8. The van der Waals surface area contributed by atoms with Crippen LogP contribution in [0, 0.1) is 5.82 Å². The lowest BCUT2D eigenvalue weighted by atomic mass is 9.83. The number of hydrogen-bond acceptors (Lipinski definition) is 3. The van der Waals surface area contributed by atoms with Gasteiger partial charge in [-0.2, -0.15) is 4.68 Å². The molecule has 0 bridgehead atoms. The van der Waals surface area contributed by atoms with Crippen LogP contribution in [0.5, 0.6) is 0 Å². The second-order valence-electron chi connectivity index (χ2n) is 4.38. The van der Waals surface area contributed by atoms with Crippen LogP contribution in [0.2, 0.25) is 0 Å². The van der Waals surface area contributed by atoms with Gasteiger partial charge in [0.1, 0.15) is 11.5 Å². The Kier molecular flexibility index (Phi) is 2.31. The minimum Gasteiger partial charge on any atom is -0.382 e. The van der Waals surface area contributed by atoms with Gasteiger partial charge in [0.2, 0.25) is 0 Å². The zero-order valence-electron chi connectivity index (χ0n) is 9.31. The molecule has 0 saturated heterocycles. The quantitative estimate of drug-likeness (QED) is 0.864. The van der Waals surface area contributed by atoms with E-state index in [1.54, 1.807) is 16.8 Å². The number of anilines is 1. The molecule has 1 fully saturated rings. The molecule has 1 aliphatic carbocycles. The van der Waals surface area contributed by atoms with E-state index in [9.17, 15) is 4.39 Å². The van der Waals surface area contributed by atoms with Crippen LogP contribution >= 0.6 is 0 Å². The molecular formula is C12H13FN4. The molecule has 1 saturated carbocycles. The highest BCUT2D eigenvalue weighted by Gasteiger charge is 2.26. The third-order valence-electron chi connectivity index (χ3n) is 3.30. The predicted octanol–water partition coefficient (Wildman–Crippen LogP) is 2.26. The van der Waals surface area contributed by atoms with Gasteiger partial charge in [0.25, 0.3) is 0 Å². The number of rotatable bonds is 2. The molecule has 88 valence electrons. The molecule has 17 heavy (non-hydrogen) atoms. The first-order valence-corrected chi connectivity index (χ1v) is 5.73. The fourth-order valence-electron chi connectivity index (χ4n) is 2.05. The Hall–Kier alpha value is -1.91. The molecule has 1 aromatic carbocycles. The van der Waals surface area contributed by atoms with E-state index in [2.05, 4.69) is 10.3 Å². The molecule has 2 aromatic rings. The number of nitrogens with two attached hydrogens (primary N) is 1. The van der Waals surface area contributed by atoms with Crippen molar-refractivity contribution in [3.8, 4) is 5.69 Å². The van der Waals surface area contributed by atoms with E-state index in [4.69, 9.17) is 5.73 Å². The van der Waals surface area contributed by atoms with Gasteiger partial charge in [0.05, 0.1) is 5.69 Å². The first kappa shape index (κ1) is 10.3. The van der Waals surface area contributed by atoms with Crippen molar-refractivity contribution in [3.05, 3.63) is 35.8 Å². The van der Waals surface area contributed by atoms with Crippen molar-refractivity contribution < 1.29 is 4.39 Å². The smallest absolute Gasteiger partial charge is 0.151 e. The van der Waals surface area contributed by atoms with Crippen molar-refractivity contribution in [2.75, 3.05) is 5.73 Å². The molecule has 0 radical (unpaired) electrons. The van der Waals surface area contributed by atoms with Gasteiger partial charge in [-0.3, -0.25) is 0 Å². The Morgan fingerprint density at radius 3 is 2.53 bits per heavy atom. The van der Waals surface area contributed by atoms with E-state index < -0.39 is 0 Å². The van der Waals surface area contributed by atoms with E-state index in [0.717, 1.165) is 24.2 Å². The van der Waals surface area contributed by atoms with E-state index in [1.807, 2.05) is 0 Å². The van der Waals surface area contributed by atoms with Crippen molar-refractivity contribution in [2.45, 2.75) is 25.2 Å². The highest BCUT2D eigenvalue weighted by Crippen LogP contribution is 2.37. The van der Waals surface area contributed by atoms with Gasteiger partial charge in [0, 0.05) is 5.92 Å². The summed E-state index contributed by atoms with van der Waals surface area (Å²) in [5.41, 5.74) is 7.64. The zero-order valence-corrected chi connectivity index (χ0v) is 9.31. The summed E-state index contributed by atoms with van der Waals surface area (Å²) < 4.78 is 14.4. The molecule has 2 N–H and O–H groups in total. The van der Waals surface area contributed by atoms with E-state index in [0.29, 0.717) is 11.7 Å². The maximum Gasteiger partial charge on any atom is 0.151 e. The highest BCUT2D eigenvalue weighted by molar-refractivity contribution is 5.45. The van der Waals surface area contributed by atoms with Gasteiger partial charge in [-0.1, -0.05) is 11.6 Å². The van der Waals surface area contributed by atoms with Crippen molar-refractivity contribution in [3.63, 3.8) is 0 Å². The third kappa shape index (κ3) is 1.67. The molecule has 0 atom stereocenters. The van der Waals surface area contributed by atoms with Crippen LogP contribution in [-0.4, -0.2) is 15.0 Å². The maximum absolute atomic E-state index is 12.8. The maximum atomic E-state index is 12.8. The fourth-order valence-corrected chi connectivity index (χ4v) is 2.05. The standard InChI is InChI=1S/C12H13FN4/c13-9-4-6-10(7-5-9)17-12(14)11(15-16-17)8-2-1-3-8/h4-8H,1-3,14H2. The molecule has 1 heterocycles. The molecule has 4 nitrogen and oxygen atoms in total. The summed E-state index contributed by atoms with van der Waals surface area (Å²) in [7, 11) is 0. The van der Waals surface area contributed by atoms with Crippen molar-refractivity contribution in [2.24, 2.45) is 0 Å². The second-order valence-corrected chi connectivity index (χ2v) is 4.38. The first-order chi connectivity index (χ1) is 8.25. The second kappa shape index (κ2) is 3.84. The number of aromatic nitrogens is 3. The van der Waals surface area contributed by atoms with E-state index in [-0.39, 0.29) is 5.82 Å². The summed E-state index contributed by atoms with van der Waals surface area (Å²) in [6.07, 6.45) is 3.49. The van der Waals surface area contributed by atoms with E-state index >= 15 is 0 Å². The number of hydrogen-bond donors (Lipinski definition) is 1. The Morgan fingerprint density at radius 2 is 1.94 bits per heavy atom. The van der Waals surface area contributed by atoms with Gasteiger partial charge in [0.15, 0.2) is 5.82 Å². The van der Waals surface area contributed by atoms with Crippen LogP contribution in [-0.2, 0) is 0 Å². The molecule has 0 aliphatic heterocycles. The Balaban J connectivity index is 1.97. The average Bonchev–Trinajstić information content (AvgIpc) is 2.60. The lowest BCUT2D eigenvalue weighted by molar-refractivity contribution is 0.411. The average molecular weight is 232 g/mol. The predicted molar refractivity (Wildman–Crippen MR) is 62.3 cm³/mol. The van der Waals surface area contributed by atoms with Gasteiger partial charge >= 0.3 is 0 Å². The minimum atomic E-state index is -0.272. The molecule has 0 spiro atoms. The SMILES string of the molecule is Nc1c(C2CCC2)nnn1-c1ccc(F)cc1. The van der Waals surface area contributed by atoms with Crippen molar-refractivity contribution in [1.82, 2.24) is 15.0 Å². The van der Waals surface area contributed by atoms with E-state index in [1.165, 1.54) is 18.6 Å². The lowest BCUT2D eigenvalue weighted by Gasteiger charge is -2.23. The Bertz CT molecular complexity index is 528.